The summed E-state index contributed by atoms with van der Waals surface area (Å²) in [6.07, 6.45) is -4.56. The van der Waals surface area contributed by atoms with Crippen molar-refractivity contribution in [3.05, 3.63) is 28.8 Å². The van der Waals surface area contributed by atoms with Crippen molar-refractivity contribution in [3.63, 3.8) is 0 Å². The van der Waals surface area contributed by atoms with E-state index in [1.54, 1.807) is 0 Å². The van der Waals surface area contributed by atoms with Gasteiger partial charge in [0, 0.05) is 18.2 Å². The van der Waals surface area contributed by atoms with Crippen LogP contribution in [0.25, 0.3) is 0 Å². The second-order valence-electron chi connectivity index (χ2n) is 3.94. The summed E-state index contributed by atoms with van der Waals surface area (Å²) in [5.74, 6) is -0.609. The number of rotatable bonds is 0. The van der Waals surface area contributed by atoms with Crippen molar-refractivity contribution < 1.29 is 22.2 Å². The zero-order valence-electron chi connectivity index (χ0n) is 9.37. The first kappa shape index (κ1) is 13.3. The van der Waals surface area contributed by atoms with Crippen LogP contribution in [0, 0.1) is 6.92 Å². The highest BCUT2D eigenvalue weighted by molar-refractivity contribution is 8.32. The number of carbonyl (C=O) groups is 1. The van der Waals surface area contributed by atoms with Gasteiger partial charge in [-0.05, 0) is 24.6 Å². The van der Waals surface area contributed by atoms with Crippen molar-refractivity contribution in [2.45, 2.75) is 18.0 Å². The lowest BCUT2D eigenvalue weighted by molar-refractivity contribution is -0.138. The molecule has 0 bridgehead atoms. The van der Waals surface area contributed by atoms with Crippen LogP contribution in [0.1, 0.15) is 21.5 Å². The minimum Gasteiger partial charge on any atom is -0.268 e. The van der Waals surface area contributed by atoms with Crippen LogP contribution >= 0.6 is 0 Å². The molecule has 0 aliphatic carbocycles. The van der Waals surface area contributed by atoms with Crippen molar-refractivity contribution in [2.75, 3.05) is 7.05 Å². The maximum Gasteiger partial charge on any atom is 0.416 e. The molecule has 0 saturated carbocycles. The summed E-state index contributed by atoms with van der Waals surface area (Å²) in [5.41, 5.74) is -1.01. The van der Waals surface area contributed by atoms with Crippen molar-refractivity contribution >= 4 is 25.8 Å². The number of hydrogen-bond donors (Lipinski definition) is 0. The molecule has 1 atom stereocenters. The second-order valence-corrected chi connectivity index (χ2v) is 7.23. The molecule has 1 unspecified atom stereocenters. The number of hydrogen-bond acceptors (Lipinski definition) is 3. The zero-order chi connectivity index (χ0) is 13.9. The maximum atomic E-state index is 12.7. The number of alkyl halides is 3. The summed E-state index contributed by atoms with van der Waals surface area (Å²) in [6, 6.07) is 1.82. The van der Waals surface area contributed by atoms with Gasteiger partial charge in [0.05, 0.1) is 16.0 Å². The normalized spacial score (nSPS) is 23.4. The van der Waals surface area contributed by atoms with E-state index in [0.29, 0.717) is 0 Å². The van der Waals surface area contributed by atoms with Gasteiger partial charge in [-0.3, -0.25) is 9.10 Å². The Bertz CT molecular complexity index is 650. The van der Waals surface area contributed by atoms with Gasteiger partial charge in [0.25, 0.3) is 5.91 Å². The van der Waals surface area contributed by atoms with E-state index in [9.17, 15) is 22.2 Å². The molecule has 1 heterocycles. The summed E-state index contributed by atoms with van der Waals surface area (Å²) in [7, 11) is -2.09. The Morgan fingerprint density at radius 3 is 2.39 bits per heavy atom. The minimum absolute atomic E-state index is 0.0111. The monoisotopic (exact) mass is 295 g/mol. The number of benzene rings is 1. The van der Waals surface area contributed by atoms with Crippen LogP contribution in [0.5, 0.6) is 0 Å². The van der Waals surface area contributed by atoms with Gasteiger partial charge in [0.2, 0.25) is 0 Å². The Morgan fingerprint density at radius 1 is 1.33 bits per heavy atom. The van der Waals surface area contributed by atoms with Crippen LogP contribution in [0.15, 0.2) is 17.0 Å². The number of amides is 1. The van der Waals surface area contributed by atoms with E-state index in [1.165, 1.54) is 14.0 Å². The lowest BCUT2D eigenvalue weighted by Crippen LogP contribution is -2.24. The molecular weight excluding hydrogens is 287 g/mol. The molecule has 0 radical (unpaired) electrons. The quantitative estimate of drug-likeness (QED) is 0.736. The molecule has 98 valence electrons. The van der Waals surface area contributed by atoms with Gasteiger partial charge < -0.3 is 0 Å². The summed E-state index contributed by atoms with van der Waals surface area (Å²) in [4.78, 5) is 11.5. The standard InChI is InChI=1S/C10H8F3NO2S2/c1-5-3-6-8(4-7(5)10(11,12)13)18(16,17)14(2)9(6)15/h3-4H,1-2H3. The predicted octanol–water partition coefficient (Wildman–Crippen LogP) is 2.12. The molecule has 1 aromatic carbocycles. The average molecular weight is 295 g/mol. The van der Waals surface area contributed by atoms with E-state index >= 15 is 0 Å². The fourth-order valence-corrected chi connectivity index (χ4v) is 3.72. The largest absolute Gasteiger partial charge is 0.416 e. The lowest BCUT2D eigenvalue weighted by Gasteiger charge is -2.12. The van der Waals surface area contributed by atoms with Gasteiger partial charge in [-0.2, -0.15) is 13.2 Å². The molecule has 1 aromatic rings. The molecule has 0 saturated heterocycles. The lowest BCUT2D eigenvalue weighted by atomic mass is 10.0. The molecule has 0 spiro atoms. The Balaban J connectivity index is 2.80. The molecule has 1 amide bonds. The number of aryl methyl sites for hydroxylation is 1. The average Bonchev–Trinajstić information content (AvgIpc) is 2.38. The first-order valence-electron chi connectivity index (χ1n) is 4.82. The van der Waals surface area contributed by atoms with Gasteiger partial charge in [0.1, 0.15) is 8.68 Å². The first-order valence-corrected chi connectivity index (χ1v) is 7.26. The fourth-order valence-electron chi connectivity index (χ4n) is 1.80. The summed E-state index contributed by atoms with van der Waals surface area (Å²) in [6.45, 7) is 1.25. The van der Waals surface area contributed by atoms with Crippen molar-refractivity contribution in [1.82, 2.24) is 4.31 Å². The van der Waals surface area contributed by atoms with E-state index in [-0.39, 0.29) is 16.0 Å². The van der Waals surface area contributed by atoms with Crippen LogP contribution in [-0.4, -0.2) is 21.5 Å². The number of halogens is 3. The van der Waals surface area contributed by atoms with Gasteiger partial charge in [0.15, 0.2) is 0 Å². The highest BCUT2D eigenvalue weighted by atomic mass is 32.8. The van der Waals surface area contributed by atoms with Crippen molar-refractivity contribution in [3.8, 4) is 0 Å². The Morgan fingerprint density at radius 2 is 1.89 bits per heavy atom. The van der Waals surface area contributed by atoms with E-state index in [0.717, 1.165) is 16.4 Å². The smallest absolute Gasteiger partial charge is 0.268 e. The molecule has 18 heavy (non-hydrogen) atoms. The predicted molar refractivity (Wildman–Crippen MR) is 62.0 cm³/mol. The maximum absolute atomic E-state index is 12.7. The highest BCUT2D eigenvalue weighted by Crippen LogP contribution is 2.38. The summed E-state index contributed by atoms with van der Waals surface area (Å²) >= 11 is 4.75. The Kier molecular flexibility index (Phi) is 2.71. The number of carbonyl (C=O) groups excluding carboxylic acids is 1. The van der Waals surface area contributed by atoms with Crippen LogP contribution < -0.4 is 0 Å². The van der Waals surface area contributed by atoms with E-state index in [4.69, 9.17) is 11.2 Å². The first-order chi connectivity index (χ1) is 8.06. The molecule has 2 rings (SSSR count). The molecule has 0 aromatic heterocycles. The highest BCUT2D eigenvalue weighted by Gasteiger charge is 2.40. The topological polar surface area (TPSA) is 37.4 Å². The molecule has 8 heteroatoms. The number of fused-ring (bicyclic) bond motifs is 1. The third kappa shape index (κ3) is 1.71. The van der Waals surface area contributed by atoms with Crippen LogP contribution in [0.4, 0.5) is 13.2 Å². The molecule has 0 N–H and O–H groups in total. The van der Waals surface area contributed by atoms with E-state index in [1.807, 2.05) is 0 Å². The second kappa shape index (κ2) is 3.67. The Labute approximate surface area is 106 Å². The fraction of sp³-hybridized carbons (Fsp3) is 0.300. The van der Waals surface area contributed by atoms with E-state index < -0.39 is 26.3 Å². The van der Waals surface area contributed by atoms with Crippen LogP contribution in [0.2, 0.25) is 0 Å². The van der Waals surface area contributed by atoms with Crippen molar-refractivity contribution in [2.24, 2.45) is 0 Å². The SMILES string of the molecule is Cc1cc2c(cc1C(F)(F)F)S(=O)(=S)N(C)C2=O. The summed E-state index contributed by atoms with van der Waals surface area (Å²) in [5, 5.41) is 0. The van der Waals surface area contributed by atoms with Crippen molar-refractivity contribution in [1.29, 1.82) is 0 Å². The van der Waals surface area contributed by atoms with Crippen LogP contribution in [-0.2, 0) is 26.0 Å². The van der Waals surface area contributed by atoms with Gasteiger partial charge in [-0.1, -0.05) is 0 Å². The third-order valence-electron chi connectivity index (χ3n) is 2.79. The minimum atomic E-state index is -4.56. The van der Waals surface area contributed by atoms with Gasteiger partial charge in [-0.15, -0.1) is 0 Å². The van der Waals surface area contributed by atoms with Gasteiger partial charge >= 0.3 is 6.18 Å². The van der Waals surface area contributed by atoms with E-state index in [2.05, 4.69) is 0 Å². The molecular formula is C10H8F3NO2S2. The van der Waals surface area contributed by atoms with Crippen LogP contribution in [0.3, 0.4) is 0 Å². The molecule has 3 nitrogen and oxygen atoms in total. The molecule has 1 aliphatic rings. The Hall–Kier alpha value is -1.15. The molecule has 1 aliphatic heterocycles. The zero-order valence-corrected chi connectivity index (χ0v) is 11.0. The number of nitrogens with zero attached hydrogens (tertiary/aromatic N) is 1. The third-order valence-corrected chi connectivity index (χ3v) is 5.78. The molecule has 0 fully saturated rings. The van der Waals surface area contributed by atoms with Gasteiger partial charge in [-0.25, -0.2) is 4.21 Å². The summed E-state index contributed by atoms with van der Waals surface area (Å²) < 4.78 is 51.1.